The number of phenolic OH excluding ortho intramolecular Hbond substituents is 1. The Morgan fingerprint density at radius 2 is 2.06 bits per heavy atom. The number of carbonyl (C=O) groups is 1. The number of hydrogen-bond donors (Lipinski definition) is 1. The Balaban J connectivity index is 2.08. The molecule has 1 aromatic heterocycles. The van der Waals surface area contributed by atoms with E-state index in [4.69, 9.17) is 0 Å². The maximum absolute atomic E-state index is 12.1. The molecule has 1 aromatic carbocycles. The van der Waals surface area contributed by atoms with Crippen LogP contribution >= 0.6 is 11.3 Å². The first-order valence-corrected chi connectivity index (χ1v) is 6.39. The van der Waals surface area contributed by atoms with Crippen LogP contribution < -0.4 is 0 Å². The molecular formula is C13H14N2O2S. The molecule has 1 amide bonds. The molecule has 2 aromatic rings. The van der Waals surface area contributed by atoms with Crippen molar-refractivity contribution in [3.8, 4) is 5.75 Å². The molecule has 0 aliphatic rings. The van der Waals surface area contributed by atoms with Crippen LogP contribution in [0.5, 0.6) is 5.75 Å². The Morgan fingerprint density at radius 1 is 1.39 bits per heavy atom. The monoisotopic (exact) mass is 262 g/mol. The molecule has 94 valence electrons. The predicted molar refractivity (Wildman–Crippen MR) is 70.8 cm³/mol. The van der Waals surface area contributed by atoms with Crippen molar-refractivity contribution in [2.75, 3.05) is 7.05 Å². The molecule has 1 N–H and O–H groups in total. The minimum atomic E-state index is -0.0249. The summed E-state index contributed by atoms with van der Waals surface area (Å²) in [4.78, 5) is 18.5. The fraction of sp³-hybridized carbons (Fsp3) is 0.231. The van der Waals surface area contributed by atoms with Gasteiger partial charge in [-0.15, -0.1) is 11.3 Å². The first-order chi connectivity index (χ1) is 8.58. The number of phenols is 1. The zero-order chi connectivity index (χ0) is 13.1. The lowest BCUT2D eigenvalue weighted by Gasteiger charge is -2.16. The van der Waals surface area contributed by atoms with Gasteiger partial charge in [-0.25, -0.2) is 4.98 Å². The van der Waals surface area contributed by atoms with E-state index in [1.165, 1.54) is 11.3 Å². The van der Waals surface area contributed by atoms with E-state index in [1.54, 1.807) is 41.7 Å². The fourth-order valence-electron chi connectivity index (χ4n) is 1.63. The first-order valence-electron chi connectivity index (χ1n) is 5.51. The molecule has 18 heavy (non-hydrogen) atoms. The molecule has 0 radical (unpaired) electrons. The van der Waals surface area contributed by atoms with Crippen molar-refractivity contribution < 1.29 is 9.90 Å². The van der Waals surface area contributed by atoms with Crippen LogP contribution in [0.25, 0.3) is 0 Å². The van der Waals surface area contributed by atoms with Crippen molar-refractivity contribution in [1.82, 2.24) is 9.88 Å². The lowest BCUT2D eigenvalue weighted by Crippen LogP contribution is -2.26. The number of aromatic nitrogens is 1. The molecule has 0 aliphatic heterocycles. The number of rotatable bonds is 3. The highest BCUT2D eigenvalue weighted by molar-refractivity contribution is 7.11. The molecule has 0 spiro atoms. The quantitative estimate of drug-likeness (QED) is 0.924. The van der Waals surface area contributed by atoms with Gasteiger partial charge in [0.05, 0.1) is 11.2 Å². The first kappa shape index (κ1) is 12.6. The molecule has 5 heteroatoms. The van der Waals surface area contributed by atoms with Gasteiger partial charge in [0.1, 0.15) is 10.6 Å². The lowest BCUT2D eigenvalue weighted by atomic mass is 10.2. The molecule has 0 bridgehead atoms. The average molecular weight is 262 g/mol. The molecule has 0 unspecified atom stereocenters. The fourth-order valence-corrected chi connectivity index (χ4v) is 2.42. The van der Waals surface area contributed by atoms with Gasteiger partial charge in [0.25, 0.3) is 5.91 Å². The minimum absolute atomic E-state index is 0.0249. The Hall–Kier alpha value is -1.88. The van der Waals surface area contributed by atoms with Crippen molar-refractivity contribution in [2.45, 2.75) is 13.5 Å². The van der Waals surface area contributed by atoms with Crippen LogP contribution in [-0.2, 0) is 6.54 Å². The smallest absolute Gasteiger partial charge is 0.265 e. The summed E-state index contributed by atoms with van der Waals surface area (Å²) in [7, 11) is 1.76. The molecule has 2 rings (SSSR count). The van der Waals surface area contributed by atoms with Crippen LogP contribution in [0.1, 0.15) is 20.9 Å². The predicted octanol–water partition coefficient (Wildman–Crippen LogP) is 2.43. The Morgan fingerprint density at radius 3 is 2.61 bits per heavy atom. The van der Waals surface area contributed by atoms with Gasteiger partial charge in [-0.1, -0.05) is 12.1 Å². The average Bonchev–Trinajstić information content (AvgIpc) is 2.77. The maximum Gasteiger partial charge on any atom is 0.265 e. The molecule has 1 heterocycles. The van der Waals surface area contributed by atoms with Gasteiger partial charge in [0, 0.05) is 13.6 Å². The van der Waals surface area contributed by atoms with Crippen molar-refractivity contribution >= 4 is 17.2 Å². The third-order valence-electron chi connectivity index (χ3n) is 2.64. The third-order valence-corrected chi connectivity index (χ3v) is 3.56. The molecule has 0 aliphatic carbocycles. The van der Waals surface area contributed by atoms with Crippen molar-refractivity contribution in [3.63, 3.8) is 0 Å². The van der Waals surface area contributed by atoms with Crippen molar-refractivity contribution in [1.29, 1.82) is 0 Å². The highest BCUT2D eigenvalue weighted by Crippen LogP contribution is 2.16. The summed E-state index contributed by atoms with van der Waals surface area (Å²) in [5.74, 6) is 0.203. The van der Waals surface area contributed by atoms with Gasteiger partial charge in [0.15, 0.2) is 0 Å². The molecule has 0 atom stereocenters. The van der Waals surface area contributed by atoms with E-state index in [1.807, 2.05) is 6.92 Å². The van der Waals surface area contributed by atoms with Crippen LogP contribution in [0.3, 0.4) is 0 Å². The summed E-state index contributed by atoms with van der Waals surface area (Å²) in [5, 5.41) is 9.20. The Labute approximate surface area is 110 Å². The van der Waals surface area contributed by atoms with Crippen LogP contribution in [0.2, 0.25) is 0 Å². The number of nitrogens with zero attached hydrogens (tertiary/aromatic N) is 2. The van der Waals surface area contributed by atoms with Crippen LogP contribution in [0, 0.1) is 6.92 Å². The van der Waals surface area contributed by atoms with E-state index < -0.39 is 0 Å². The van der Waals surface area contributed by atoms with Gasteiger partial charge in [-0.3, -0.25) is 4.79 Å². The molecular weight excluding hydrogens is 248 g/mol. The van der Waals surface area contributed by atoms with E-state index in [9.17, 15) is 9.90 Å². The van der Waals surface area contributed by atoms with Gasteiger partial charge in [-0.2, -0.15) is 0 Å². The van der Waals surface area contributed by atoms with Gasteiger partial charge < -0.3 is 10.0 Å². The van der Waals surface area contributed by atoms with E-state index in [0.29, 0.717) is 11.4 Å². The molecule has 4 nitrogen and oxygen atoms in total. The summed E-state index contributed by atoms with van der Waals surface area (Å²) in [5.41, 5.74) is 3.42. The number of aryl methyl sites for hydroxylation is 1. The van der Waals surface area contributed by atoms with Gasteiger partial charge in [0.2, 0.25) is 0 Å². The number of hydrogen-bond acceptors (Lipinski definition) is 4. The minimum Gasteiger partial charge on any atom is -0.508 e. The Kier molecular flexibility index (Phi) is 3.62. The summed E-state index contributed by atoms with van der Waals surface area (Å²) in [6.45, 7) is 2.34. The number of thiazole rings is 1. The van der Waals surface area contributed by atoms with Crippen LogP contribution in [0.4, 0.5) is 0 Å². The highest BCUT2D eigenvalue weighted by atomic mass is 32.1. The second-order valence-corrected chi connectivity index (χ2v) is 4.95. The summed E-state index contributed by atoms with van der Waals surface area (Å²) in [6.07, 6.45) is 0. The van der Waals surface area contributed by atoms with Crippen molar-refractivity contribution in [3.05, 3.63) is 45.9 Å². The van der Waals surface area contributed by atoms with E-state index in [0.717, 1.165) is 11.3 Å². The number of aromatic hydroxyl groups is 1. The molecule has 0 fully saturated rings. The van der Waals surface area contributed by atoms with E-state index >= 15 is 0 Å². The van der Waals surface area contributed by atoms with Gasteiger partial charge in [-0.05, 0) is 24.6 Å². The van der Waals surface area contributed by atoms with E-state index in [2.05, 4.69) is 4.98 Å². The molecule has 0 saturated heterocycles. The largest absolute Gasteiger partial charge is 0.508 e. The standard InChI is InChI=1S/C13H14N2O2S/c1-9-12(18-8-14-9)13(17)15(2)7-10-3-5-11(16)6-4-10/h3-6,8,16H,7H2,1-2H3. The normalized spacial score (nSPS) is 10.3. The van der Waals surface area contributed by atoms with Crippen LogP contribution in [0.15, 0.2) is 29.8 Å². The highest BCUT2D eigenvalue weighted by Gasteiger charge is 2.16. The zero-order valence-electron chi connectivity index (χ0n) is 10.3. The summed E-state index contributed by atoms with van der Waals surface area (Å²) < 4.78 is 0. The number of benzene rings is 1. The number of amides is 1. The Bertz CT molecular complexity index is 548. The summed E-state index contributed by atoms with van der Waals surface area (Å²) >= 11 is 1.36. The van der Waals surface area contributed by atoms with Crippen LogP contribution in [-0.4, -0.2) is 27.9 Å². The zero-order valence-corrected chi connectivity index (χ0v) is 11.1. The topological polar surface area (TPSA) is 53.4 Å². The SMILES string of the molecule is Cc1ncsc1C(=O)N(C)Cc1ccc(O)cc1. The molecule has 0 saturated carbocycles. The second kappa shape index (κ2) is 5.18. The number of carbonyl (C=O) groups excluding carboxylic acids is 1. The second-order valence-electron chi connectivity index (χ2n) is 4.09. The third kappa shape index (κ3) is 2.68. The van der Waals surface area contributed by atoms with Crippen molar-refractivity contribution in [2.24, 2.45) is 0 Å². The van der Waals surface area contributed by atoms with E-state index in [-0.39, 0.29) is 11.7 Å². The summed E-state index contributed by atoms with van der Waals surface area (Å²) in [6, 6.07) is 6.84. The maximum atomic E-state index is 12.1. The van der Waals surface area contributed by atoms with Gasteiger partial charge >= 0.3 is 0 Å². The lowest BCUT2D eigenvalue weighted by molar-refractivity contribution is 0.0789.